The van der Waals surface area contributed by atoms with Crippen LogP contribution in [0.25, 0.3) is 0 Å². The summed E-state index contributed by atoms with van der Waals surface area (Å²) in [6.07, 6.45) is -1.53. The summed E-state index contributed by atoms with van der Waals surface area (Å²) in [5.41, 5.74) is -0.408. The standard InChI is InChI=1S/C8H11F2N3O3/c1-5(2)12-3-6(13(14)15)8(11-12)16-4-7(9)10/h3,5,7H,4H2,1-2H3. The quantitative estimate of drug-likeness (QED) is 0.578. The van der Waals surface area contributed by atoms with E-state index in [2.05, 4.69) is 9.84 Å². The van der Waals surface area contributed by atoms with E-state index in [0.717, 1.165) is 6.20 Å². The molecule has 0 saturated carbocycles. The molecule has 0 fully saturated rings. The van der Waals surface area contributed by atoms with E-state index in [1.165, 1.54) is 4.68 Å². The molecule has 0 aliphatic heterocycles. The Hall–Kier alpha value is -1.73. The molecule has 1 rings (SSSR count). The van der Waals surface area contributed by atoms with Crippen LogP contribution in [0.1, 0.15) is 19.9 Å². The van der Waals surface area contributed by atoms with E-state index < -0.39 is 23.6 Å². The highest BCUT2D eigenvalue weighted by atomic mass is 19.3. The van der Waals surface area contributed by atoms with Gasteiger partial charge < -0.3 is 4.74 Å². The number of ether oxygens (including phenoxy) is 1. The van der Waals surface area contributed by atoms with E-state index >= 15 is 0 Å². The average molecular weight is 235 g/mol. The fourth-order valence-electron chi connectivity index (χ4n) is 1.000. The van der Waals surface area contributed by atoms with Gasteiger partial charge in [-0.25, -0.2) is 8.78 Å². The monoisotopic (exact) mass is 235 g/mol. The molecular weight excluding hydrogens is 224 g/mol. The lowest BCUT2D eigenvalue weighted by Crippen LogP contribution is -2.09. The lowest BCUT2D eigenvalue weighted by atomic mass is 10.4. The van der Waals surface area contributed by atoms with E-state index in [4.69, 9.17) is 0 Å². The lowest BCUT2D eigenvalue weighted by molar-refractivity contribution is -0.386. The number of hydrogen-bond donors (Lipinski definition) is 0. The van der Waals surface area contributed by atoms with E-state index in [0.29, 0.717) is 0 Å². The number of nitrogens with zero attached hydrogens (tertiary/aromatic N) is 3. The van der Waals surface area contributed by atoms with Crippen molar-refractivity contribution in [2.45, 2.75) is 26.3 Å². The van der Waals surface area contributed by atoms with Crippen molar-refractivity contribution >= 4 is 5.69 Å². The van der Waals surface area contributed by atoms with Gasteiger partial charge in [0.2, 0.25) is 0 Å². The maximum absolute atomic E-state index is 11.9. The number of hydrogen-bond acceptors (Lipinski definition) is 4. The molecule has 0 aliphatic rings. The highest BCUT2D eigenvalue weighted by molar-refractivity contribution is 5.38. The second kappa shape index (κ2) is 4.86. The first-order valence-corrected chi connectivity index (χ1v) is 4.56. The fourth-order valence-corrected chi connectivity index (χ4v) is 1.000. The number of alkyl halides is 2. The van der Waals surface area contributed by atoms with Crippen LogP contribution in [0.5, 0.6) is 5.88 Å². The minimum Gasteiger partial charge on any atom is -0.466 e. The van der Waals surface area contributed by atoms with E-state index in [1.54, 1.807) is 13.8 Å². The Balaban J connectivity index is 2.91. The van der Waals surface area contributed by atoms with E-state index in [-0.39, 0.29) is 11.9 Å². The smallest absolute Gasteiger partial charge is 0.350 e. The molecule has 1 heterocycles. The van der Waals surface area contributed by atoms with Crippen molar-refractivity contribution < 1.29 is 18.4 Å². The SMILES string of the molecule is CC(C)n1cc([N+](=O)[O-])c(OCC(F)F)n1. The topological polar surface area (TPSA) is 70.2 Å². The highest BCUT2D eigenvalue weighted by Crippen LogP contribution is 2.26. The summed E-state index contributed by atoms with van der Waals surface area (Å²) >= 11 is 0. The largest absolute Gasteiger partial charge is 0.466 e. The summed E-state index contributed by atoms with van der Waals surface area (Å²) in [5.74, 6) is -0.376. The zero-order valence-corrected chi connectivity index (χ0v) is 8.76. The zero-order chi connectivity index (χ0) is 12.3. The number of aromatic nitrogens is 2. The van der Waals surface area contributed by atoms with Gasteiger partial charge in [-0.05, 0) is 13.8 Å². The third-order valence-electron chi connectivity index (χ3n) is 1.75. The summed E-state index contributed by atoms with van der Waals surface area (Å²) in [4.78, 5) is 9.87. The Bertz CT molecular complexity index is 379. The molecule has 8 heteroatoms. The van der Waals surface area contributed by atoms with Crippen molar-refractivity contribution in [1.82, 2.24) is 9.78 Å². The Labute approximate surface area is 90.0 Å². The van der Waals surface area contributed by atoms with Gasteiger partial charge >= 0.3 is 11.6 Å². The first-order valence-electron chi connectivity index (χ1n) is 4.56. The summed E-state index contributed by atoms with van der Waals surface area (Å²) < 4.78 is 29.6. The molecule has 0 radical (unpaired) electrons. The van der Waals surface area contributed by atoms with Gasteiger partial charge in [-0.2, -0.15) is 0 Å². The molecule has 0 atom stereocenters. The van der Waals surface area contributed by atoms with Crippen LogP contribution in [0.3, 0.4) is 0 Å². The fraction of sp³-hybridized carbons (Fsp3) is 0.625. The Morgan fingerprint density at radius 1 is 1.62 bits per heavy atom. The van der Waals surface area contributed by atoms with Crippen LogP contribution in [0.15, 0.2) is 6.20 Å². The second-order valence-corrected chi connectivity index (χ2v) is 3.35. The molecule has 6 nitrogen and oxygen atoms in total. The van der Waals surface area contributed by atoms with Crippen LogP contribution in [0, 0.1) is 10.1 Å². The van der Waals surface area contributed by atoms with Crippen LogP contribution in [0.4, 0.5) is 14.5 Å². The van der Waals surface area contributed by atoms with Gasteiger partial charge in [-0.15, -0.1) is 5.10 Å². The normalized spacial score (nSPS) is 11.1. The third kappa shape index (κ3) is 2.88. The molecule has 0 saturated heterocycles. The van der Waals surface area contributed by atoms with Gasteiger partial charge in [-0.3, -0.25) is 14.8 Å². The molecule has 0 unspecified atom stereocenters. The number of halogens is 2. The maximum Gasteiger partial charge on any atom is 0.350 e. The van der Waals surface area contributed by atoms with E-state index in [9.17, 15) is 18.9 Å². The van der Waals surface area contributed by atoms with Crippen molar-refractivity contribution in [2.24, 2.45) is 0 Å². The molecule has 0 aromatic carbocycles. The highest BCUT2D eigenvalue weighted by Gasteiger charge is 2.22. The zero-order valence-electron chi connectivity index (χ0n) is 8.76. The predicted molar refractivity (Wildman–Crippen MR) is 50.8 cm³/mol. The van der Waals surface area contributed by atoms with Crippen molar-refractivity contribution in [3.05, 3.63) is 16.3 Å². The first kappa shape index (κ1) is 12.3. The minimum absolute atomic E-state index is 0.109. The Morgan fingerprint density at radius 3 is 2.69 bits per heavy atom. The van der Waals surface area contributed by atoms with Gasteiger partial charge in [0.1, 0.15) is 6.20 Å². The van der Waals surface area contributed by atoms with Crippen molar-refractivity contribution in [3.8, 4) is 5.88 Å². The average Bonchev–Trinajstić information content (AvgIpc) is 2.58. The molecule has 90 valence electrons. The summed E-state index contributed by atoms with van der Waals surface area (Å²) in [6.45, 7) is 2.61. The van der Waals surface area contributed by atoms with E-state index in [1.807, 2.05) is 0 Å². The molecule has 1 aromatic heterocycles. The number of rotatable bonds is 5. The lowest BCUT2D eigenvalue weighted by Gasteiger charge is -2.03. The van der Waals surface area contributed by atoms with Crippen LogP contribution >= 0.6 is 0 Å². The molecule has 1 aromatic rings. The molecule has 0 amide bonds. The predicted octanol–water partition coefficient (Wildman–Crippen LogP) is 2.02. The molecular formula is C8H11F2N3O3. The summed E-state index contributed by atoms with van der Waals surface area (Å²) in [7, 11) is 0. The van der Waals surface area contributed by atoms with Crippen LogP contribution in [0.2, 0.25) is 0 Å². The third-order valence-corrected chi connectivity index (χ3v) is 1.75. The van der Waals surface area contributed by atoms with Gasteiger partial charge in [0, 0.05) is 6.04 Å². The Kier molecular flexibility index (Phi) is 3.75. The summed E-state index contributed by atoms with van der Waals surface area (Å²) in [5, 5.41) is 14.3. The second-order valence-electron chi connectivity index (χ2n) is 3.35. The van der Waals surface area contributed by atoms with Crippen LogP contribution in [-0.2, 0) is 0 Å². The van der Waals surface area contributed by atoms with Crippen molar-refractivity contribution in [2.75, 3.05) is 6.61 Å². The minimum atomic E-state index is -2.69. The summed E-state index contributed by atoms with van der Waals surface area (Å²) in [6, 6.07) is -0.109. The van der Waals surface area contributed by atoms with Gasteiger partial charge in [-0.1, -0.05) is 0 Å². The van der Waals surface area contributed by atoms with Crippen molar-refractivity contribution in [1.29, 1.82) is 0 Å². The molecule has 0 N–H and O–H groups in total. The molecule has 0 bridgehead atoms. The molecule has 16 heavy (non-hydrogen) atoms. The number of nitro groups is 1. The molecule has 0 aliphatic carbocycles. The van der Waals surface area contributed by atoms with Gasteiger partial charge in [0.15, 0.2) is 6.61 Å². The van der Waals surface area contributed by atoms with Crippen LogP contribution in [-0.4, -0.2) is 27.7 Å². The van der Waals surface area contributed by atoms with Crippen LogP contribution < -0.4 is 4.74 Å². The van der Waals surface area contributed by atoms with Gasteiger partial charge in [0.25, 0.3) is 6.43 Å². The maximum atomic E-state index is 11.9. The molecule has 0 spiro atoms. The Morgan fingerprint density at radius 2 is 2.25 bits per heavy atom. The van der Waals surface area contributed by atoms with Crippen molar-refractivity contribution in [3.63, 3.8) is 0 Å². The van der Waals surface area contributed by atoms with Gasteiger partial charge in [0.05, 0.1) is 4.92 Å². The first-order chi connectivity index (χ1) is 7.41.